The van der Waals surface area contributed by atoms with Crippen molar-refractivity contribution in [2.75, 3.05) is 19.6 Å². The molecule has 1 unspecified atom stereocenters. The quantitative estimate of drug-likeness (QED) is 0.723. The first-order chi connectivity index (χ1) is 9.01. The van der Waals surface area contributed by atoms with E-state index in [1.165, 1.54) is 0 Å². The number of nitrogens with zero attached hydrogens (tertiary/aromatic N) is 1. The van der Waals surface area contributed by atoms with Crippen LogP contribution >= 0.6 is 0 Å². The van der Waals surface area contributed by atoms with Gasteiger partial charge in [0, 0.05) is 25.0 Å². The van der Waals surface area contributed by atoms with Crippen molar-refractivity contribution in [3.63, 3.8) is 0 Å². The van der Waals surface area contributed by atoms with E-state index in [2.05, 4.69) is 31.9 Å². The first-order valence-electron chi connectivity index (χ1n) is 6.68. The summed E-state index contributed by atoms with van der Waals surface area (Å²) in [6.45, 7) is 14.1. The van der Waals surface area contributed by atoms with Crippen LogP contribution in [0.1, 0.15) is 25.5 Å². The highest BCUT2D eigenvalue weighted by Crippen LogP contribution is 2.33. The molecule has 2 heteroatoms. The van der Waals surface area contributed by atoms with Crippen molar-refractivity contribution in [1.29, 1.82) is 0 Å². The lowest BCUT2D eigenvalue weighted by molar-refractivity contribution is 0.0252. The van der Waals surface area contributed by atoms with E-state index in [0.29, 0.717) is 0 Å². The van der Waals surface area contributed by atoms with E-state index in [1.807, 2.05) is 42.5 Å². The summed E-state index contributed by atoms with van der Waals surface area (Å²) in [6.07, 6.45) is 3.29. The van der Waals surface area contributed by atoms with Crippen molar-refractivity contribution in [2.45, 2.75) is 20.0 Å². The van der Waals surface area contributed by atoms with E-state index in [1.54, 1.807) is 0 Å². The van der Waals surface area contributed by atoms with Crippen LogP contribution in [0.2, 0.25) is 0 Å². The smallest absolute Gasteiger partial charge is 0.0853 e. The van der Waals surface area contributed by atoms with Gasteiger partial charge in [0.15, 0.2) is 0 Å². The summed E-state index contributed by atoms with van der Waals surface area (Å²) in [6, 6.07) is 9.82. The molecule has 0 aliphatic rings. The van der Waals surface area contributed by atoms with Crippen LogP contribution in [0.3, 0.4) is 0 Å². The lowest BCUT2D eigenvalue weighted by atomic mass is 9.82. The minimum Gasteiger partial charge on any atom is -0.388 e. The molecule has 0 saturated carbocycles. The van der Waals surface area contributed by atoms with Crippen LogP contribution in [0.15, 0.2) is 55.6 Å². The predicted molar refractivity (Wildman–Crippen MR) is 82.0 cm³/mol. The highest BCUT2D eigenvalue weighted by molar-refractivity contribution is 5.19. The summed E-state index contributed by atoms with van der Waals surface area (Å²) in [5.41, 5.74) is 0.734. The maximum Gasteiger partial charge on any atom is 0.0853 e. The van der Waals surface area contributed by atoms with Gasteiger partial charge in [-0.3, -0.25) is 4.90 Å². The Hall–Kier alpha value is -1.38. The maximum atomic E-state index is 10.6. The second-order valence-corrected chi connectivity index (χ2v) is 5.57. The highest BCUT2D eigenvalue weighted by atomic mass is 16.3. The van der Waals surface area contributed by atoms with Gasteiger partial charge < -0.3 is 5.11 Å². The molecule has 104 valence electrons. The molecule has 0 amide bonds. The number of hydrogen-bond acceptors (Lipinski definition) is 2. The van der Waals surface area contributed by atoms with E-state index in [0.717, 1.165) is 25.2 Å². The third-order valence-corrected chi connectivity index (χ3v) is 3.26. The molecule has 1 aromatic rings. The van der Waals surface area contributed by atoms with Gasteiger partial charge in [-0.1, -0.05) is 56.3 Å². The van der Waals surface area contributed by atoms with E-state index in [-0.39, 0.29) is 5.41 Å². The molecule has 0 radical (unpaired) electrons. The van der Waals surface area contributed by atoms with E-state index in [9.17, 15) is 5.11 Å². The first kappa shape index (κ1) is 15.7. The van der Waals surface area contributed by atoms with Crippen molar-refractivity contribution < 1.29 is 5.11 Å². The number of aliphatic hydroxyl groups is 1. The highest BCUT2D eigenvalue weighted by Gasteiger charge is 2.30. The lowest BCUT2D eigenvalue weighted by Gasteiger charge is -2.35. The zero-order chi connectivity index (χ0) is 14.3. The van der Waals surface area contributed by atoms with Crippen molar-refractivity contribution in [2.24, 2.45) is 5.41 Å². The van der Waals surface area contributed by atoms with Crippen molar-refractivity contribution >= 4 is 0 Å². The fraction of sp³-hybridized carbons (Fsp3) is 0.412. The number of aliphatic hydroxyl groups excluding tert-OH is 1. The molecular formula is C17H25NO. The molecule has 0 aromatic heterocycles. The van der Waals surface area contributed by atoms with Gasteiger partial charge in [0.2, 0.25) is 0 Å². The molecule has 0 saturated heterocycles. The number of hydrogen-bond donors (Lipinski definition) is 1. The summed E-state index contributed by atoms with van der Waals surface area (Å²) in [7, 11) is 0. The average Bonchev–Trinajstić information content (AvgIpc) is 2.39. The van der Waals surface area contributed by atoms with Crippen LogP contribution < -0.4 is 0 Å². The van der Waals surface area contributed by atoms with Gasteiger partial charge in [-0.25, -0.2) is 0 Å². The van der Waals surface area contributed by atoms with Crippen LogP contribution in [0.5, 0.6) is 0 Å². The Kier molecular flexibility index (Phi) is 6.00. The first-order valence-corrected chi connectivity index (χ1v) is 6.68. The van der Waals surface area contributed by atoms with Gasteiger partial charge in [0.1, 0.15) is 0 Å². The molecule has 1 rings (SSSR count). The van der Waals surface area contributed by atoms with Crippen molar-refractivity contribution in [1.82, 2.24) is 4.90 Å². The third kappa shape index (κ3) is 4.66. The molecule has 0 fully saturated rings. The Bertz CT molecular complexity index is 387. The van der Waals surface area contributed by atoms with Gasteiger partial charge in [-0.2, -0.15) is 0 Å². The van der Waals surface area contributed by atoms with Crippen LogP contribution in [-0.4, -0.2) is 29.6 Å². The van der Waals surface area contributed by atoms with Crippen LogP contribution in [0.4, 0.5) is 0 Å². The van der Waals surface area contributed by atoms with Gasteiger partial charge in [0.25, 0.3) is 0 Å². The summed E-state index contributed by atoms with van der Waals surface area (Å²) in [4.78, 5) is 2.23. The molecule has 1 aromatic carbocycles. The SMILES string of the molecule is C=CCN(CC=C)CC(C)(C)C(O)c1ccccc1. The predicted octanol–water partition coefficient (Wildman–Crippen LogP) is 3.42. The minimum absolute atomic E-state index is 0.229. The zero-order valence-electron chi connectivity index (χ0n) is 12.0. The largest absolute Gasteiger partial charge is 0.388 e. The van der Waals surface area contributed by atoms with Crippen LogP contribution in [-0.2, 0) is 0 Å². The Labute approximate surface area is 117 Å². The van der Waals surface area contributed by atoms with Crippen molar-refractivity contribution in [3.05, 3.63) is 61.2 Å². The molecule has 1 N–H and O–H groups in total. The second-order valence-electron chi connectivity index (χ2n) is 5.57. The summed E-state index contributed by atoms with van der Waals surface area (Å²) in [5, 5.41) is 10.6. The summed E-state index contributed by atoms with van der Waals surface area (Å²) >= 11 is 0. The topological polar surface area (TPSA) is 23.5 Å². The average molecular weight is 259 g/mol. The number of rotatable bonds is 8. The third-order valence-electron chi connectivity index (χ3n) is 3.26. The normalized spacial score (nSPS) is 13.3. The molecule has 19 heavy (non-hydrogen) atoms. The van der Waals surface area contributed by atoms with E-state index < -0.39 is 6.10 Å². The molecule has 0 bridgehead atoms. The molecule has 2 nitrogen and oxygen atoms in total. The summed E-state index contributed by atoms with van der Waals surface area (Å²) < 4.78 is 0. The zero-order valence-corrected chi connectivity index (χ0v) is 12.0. The Morgan fingerprint density at radius 3 is 2.16 bits per heavy atom. The molecule has 0 heterocycles. The maximum absolute atomic E-state index is 10.6. The Morgan fingerprint density at radius 1 is 1.16 bits per heavy atom. The molecule has 0 spiro atoms. The fourth-order valence-electron chi connectivity index (χ4n) is 2.32. The van der Waals surface area contributed by atoms with Crippen LogP contribution in [0, 0.1) is 5.41 Å². The molecular weight excluding hydrogens is 234 g/mol. The Balaban J connectivity index is 2.78. The standard InChI is InChI=1S/C17H25NO/c1-5-12-18(13-6-2)14-17(3,4)16(19)15-10-8-7-9-11-15/h5-11,16,19H,1-2,12-14H2,3-4H3. The van der Waals surface area contributed by atoms with Gasteiger partial charge in [-0.15, -0.1) is 13.2 Å². The lowest BCUT2D eigenvalue weighted by Crippen LogP contribution is -2.38. The minimum atomic E-state index is -0.481. The van der Waals surface area contributed by atoms with E-state index in [4.69, 9.17) is 0 Å². The summed E-state index contributed by atoms with van der Waals surface area (Å²) in [5.74, 6) is 0. The van der Waals surface area contributed by atoms with Gasteiger partial charge in [0.05, 0.1) is 6.10 Å². The van der Waals surface area contributed by atoms with Crippen molar-refractivity contribution in [3.8, 4) is 0 Å². The van der Waals surface area contributed by atoms with Crippen LogP contribution in [0.25, 0.3) is 0 Å². The molecule has 0 aliphatic carbocycles. The Morgan fingerprint density at radius 2 is 1.68 bits per heavy atom. The van der Waals surface area contributed by atoms with Gasteiger partial charge in [-0.05, 0) is 5.56 Å². The molecule has 1 atom stereocenters. The van der Waals surface area contributed by atoms with E-state index >= 15 is 0 Å². The fourth-order valence-corrected chi connectivity index (χ4v) is 2.32. The molecule has 0 aliphatic heterocycles. The number of benzene rings is 1. The van der Waals surface area contributed by atoms with Gasteiger partial charge >= 0.3 is 0 Å². The monoisotopic (exact) mass is 259 g/mol. The second kappa shape index (κ2) is 7.27.